The van der Waals surface area contributed by atoms with E-state index >= 15 is 0 Å². The molecule has 0 aromatic rings. The molecular formula is C8H16N2O3S. The van der Waals surface area contributed by atoms with Gasteiger partial charge in [0.2, 0.25) is 10.0 Å². The molecular weight excluding hydrogens is 204 g/mol. The normalized spacial score (nSPS) is 36.5. The fourth-order valence-electron chi connectivity index (χ4n) is 2.21. The van der Waals surface area contributed by atoms with Gasteiger partial charge in [-0.15, -0.1) is 0 Å². The highest BCUT2D eigenvalue weighted by Gasteiger charge is 2.42. The van der Waals surface area contributed by atoms with Gasteiger partial charge in [0.05, 0.1) is 24.0 Å². The summed E-state index contributed by atoms with van der Waals surface area (Å²) in [6, 6.07) is -0.0229. The number of sulfonamides is 1. The lowest BCUT2D eigenvalue weighted by Crippen LogP contribution is -2.43. The van der Waals surface area contributed by atoms with Crippen LogP contribution in [0.25, 0.3) is 0 Å². The number of nitrogens with one attached hydrogen (secondary N) is 1. The van der Waals surface area contributed by atoms with Crippen LogP contribution >= 0.6 is 0 Å². The maximum Gasteiger partial charge on any atom is 0.213 e. The molecule has 14 heavy (non-hydrogen) atoms. The third-order valence-electron chi connectivity index (χ3n) is 2.82. The van der Waals surface area contributed by atoms with Crippen LogP contribution in [0.15, 0.2) is 0 Å². The van der Waals surface area contributed by atoms with Gasteiger partial charge in [-0.05, 0) is 19.3 Å². The van der Waals surface area contributed by atoms with Gasteiger partial charge < -0.3 is 10.5 Å². The molecule has 2 bridgehead atoms. The van der Waals surface area contributed by atoms with Gasteiger partial charge in [-0.1, -0.05) is 0 Å². The molecule has 0 spiro atoms. The van der Waals surface area contributed by atoms with Crippen LogP contribution in [0.3, 0.4) is 0 Å². The molecule has 5 nitrogen and oxygen atoms in total. The highest BCUT2D eigenvalue weighted by Crippen LogP contribution is 2.34. The van der Waals surface area contributed by atoms with Crippen molar-refractivity contribution >= 4 is 10.0 Å². The smallest absolute Gasteiger partial charge is 0.213 e. The van der Waals surface area contributed by atoms with E-state index in [4.69, 9.17) is 10.5 Å². The molecule has 0 radical (unpaired) electrons. The summed E-state index contributed by atoms with van der Waals surface area (Å²) in [7, 11) is -3.19. The third-order valence-corrected chi connectivity index (χ3v) is 4.26. The number of ether oxygens (including phenoxy) is 1. The van der Waals surface area contributed by atoms with Crippen LogP contribution in [0.1, 0.15) is 19.3 Å². The minimum Gasteiger partial charge on any atom is -0.373 e. The standard InChI is InChI=1S/C8H16N2O3S/c9-3-4-14(11,12)10-7-5-6-1-2-8(7)13-6/h6-8,10H,1-5,9H2. The molecule has 3 N–H and O–H groups in total. The Morgan fingerprint density at radius 3 is 2.71 bits per heavy atom. The van der Waals surface area contributed by atoms with Crippen LogP contribution < -0.4 is 10.5 Å². The first-order valence-corrected chi connectivity index (χ1v) is 6.61. The molecule has 6 heteroatoms. The van der Waals surface area contributed by atoms with Gasteiger partial charge in [0.15, 0.2) is 0 Å². The predicted molar refractivity (Wildman–Crippen MR) is 52.3 cm³/mol. The number of rotatable bonds is 4. The zero-order valence-electron chi connectivity index (χ0n) is 7.98. The van der Waals surface area contributed by atoms with E-state index in [1.165, 1.54) is 0 Å². The van der Waals surface area contributed by atoms with Crippen molar-refractivity contribution in [2.45, 2.75) is 37.5 Å². The minimum absolute atomic E-state index is 0.000880. The first-order valence-electron chi connectivity index (χ1n) is 4.96. The lowest BCUT2D eigenvalue weighted by atomic mass is 9.96. The van der Waals surface area contributed by atoms with Gasteiger partial charge >= 0.3 is 0 Å². The van der Waals surface area contributed by atoms with Crippen molar-refractivity contribution < 1.29 is 13.2 Å². The van der Waals surface area contributed by atoms with Crippen molar-refractivity contribution in [3.05, 3.63) is 0 Å². The van der Waals surface area contributed by atoms with Crippen LogP contribution in [0.4, 0.5) is 0 Å². The highest BCUT2D eigenvalue weighted by molar-refractivity contribution is 7.89. The molecule has 0 aliphatic carbocycles. The minimum atomic E-state index is -3.19. The number of fused-ring (bicyclic) bond motifs is 2. The average Bonchev–Trinajstić information content (AvgIpc) is 2.63. The van der Waals surface area contributed by atoms with Crippen LogP contribution in [0.2, 0.25) is 0 Å². The summed E-state index contributed by atoms with van der Waals surface area (Å²) in [5.41, 5.74) is 5.21. The maximum absolute atomic E-state index is 11.4. The molecule has 2 aliphatic rings. The Labute approximate surface area is 84.0 Å². The van der Waals surface area contributed by atoms with E-state index in [0.717, 1.165) is 19.3 Å². The van der Waals surface area contributed by atoms with E-state index in [9.17, 15) is 8.42 Å². The van der Waals surface area contributed by atoms with Gasteiger partial charge in [0.25, 0.3) is 0 Å². The summed E-state index contributed by atoms with van der Waals surface area (Å²) in [5.74, 6) is 0.000880. The first-order chi connectivity index (χ1) is 6.61. The van der Waals surface area contributed by atoms with Crippen LogP contribution in [-0.2, 0) is 14.8 Å². The number of hydrogen-bond acceptors (Lipinski definition) is 4. The van der Waals surface area contributed by atoms with Gasteiger partial charge in [-0.2, -0.15) is 0 Å². The fourth-order valence-corrected chi connectivity index (χ4v) is 3.34. The SMILES string of the molecule is NCCS(=O)(=O)NC1CC2CCC1O2. The Balaban J connectivity index is 1.92. The summed E-state index contributed by atoms with van der Waals surface area (Å²) in [5, 5.41) is 0. The van der Waals surface area contributed by atoms with Crippen LogP contribution in [0.5, 0.6) is 0 Å². The topological polar surface area (TPSA) is 81.4 Å². The van der Waals surface area contributed by atoms with Gasteiger partial charge in [-0.25, -0.2) is 13.1 Å². The van der Waals surface area contributed by atoms with Crippen molar-refractivity contribution in [2.75, 3.05) is 12.3 Å². The molecule has 0 aromatic carbocycles. The Kier molecular flexibility index (Phi) is 2.79. The molecule has 0 amide bonds. The third kappa shape index (κ3) is 2.08. The Morgan fingerprint density at radius 1 is 1.43 bits per heavy atom. The van der Waals surface area contributed by atoms with E-state index in [2.05, 4.69) is 4.72 Å². The molecule has 2 fully saturated rings. The van der Waals surface area contributed by atoms with Gasteiger partial charge in [0.1, 0.15) is 0 Å². The zero-order valence-corrected chi connectivity index (χ0v) is 8.79. The Hall–Kier alpha value is -0.170. The van der Waals surface area contributed by atoms with Gasteiger partial charge in [-0.3, -0.25) is 0 Å². The highest BCUT2D eigenvalue weighted by atomic mass is 32.2. The van der Waals surface area contributed by atoms with Crippen molar-refractivity contribution in [1.29, 1.82) is 0 Å². The fraction of sp³-hybridized carbons (Fsp3) is 1.00. The second-order valence-corrected chi connectivity index (χ2v) is 5.81. The molecule has 0 saturated carbocycles. The molecule has 2 heterocycles. The summed E-state index contributed by atoms with van der Waals surface area (Å²) in [6.45, 7) is 0.164. The Bertz CT molecular complexity index is 304. The second-order valence-electron chi connectivity index (χ2n) is 3.94. The average molecular weight is 220 g/mol. The van der Waals surface area contributed by atoms with Crippen molar-refractivity contribution in [3.63, 3.8) is 0 Å². The summed E-state index contributed by atoms with van der Waals surface area (Å²) >= 11 is 0. The maximum atomic E-state index is 11.4. The molecule has 3 unspecified atom stereocenters. The predicted octanol–water partition coefficient (Wildman–Crippen LogP) is -0.816. The van der Waals surface area contributed by atoms with E-state index < -0.39 is 10.0 Å². The lowest BCUT2D eigenvalue weighted by molar-refractivity contribution is 0.0996. The molecule has 2 rings (SSSR count). The van der Waals surface area contributed by atoms with Crippen LogP contribution in [-0.4, -0.2) is 39.0 Å². The summed E-state index contributed by atoms with van der Waals surface area (Å²) in [4.78, 5) is 0. The van der Waals surface area contributed by atoms with E-state index in [-0.39, 0.29) is 30.5 Å². The molecule has 3 atom stereocenters. The molecule has 0 aromatic heterocycles. The van der Waals surface area contributed by atoms with E-state index in [1.54, 1.807) is 0 Å². The number of nitrogens with two attached hydrogens (primary N) is 1. The largest absolute Gasteiger partial charge is 0.373 e. The monoisotopic (exact) mass is 220 g/mol. The van der Waals surface area contributed by atoms with E-state index in [1.807, 2.05) is 0 Å². The first kappa shape index (κ1) is 10.4. The lowest BCUT2D eigenvalue weighted by Gasteiger charge is -2.19. The van der Waals surface area contributed by atoms with Crippen molar-refractivity contribution in [2.24, 2.45) is 5.73 Å². The van der Waals surface area contributed by atoms with E-state index in [0.29, 0.717) is 0 Å². The van der Waals surface area contributed by atoms with Crippen molar-refractivity contribution in [3.8, 4) is 0 Å². The zero-order chi connectivity index (χ0) is 10.2. The Morgan fingerprint density at radius 2 is 2.21 bits per heavy atom. The number of hydrogen-bond donors (Lipinski definition) is 2. The second kappa shape index (κ2) is 3.77. The quantitative estimate of drug-likeness (QED) is 0.649. The molecule has 2 saturated heterocycles. The molecule has 82 valence electrons. The molecule has 2 aliphatic heterocycles. The van der Waals surface area contributed by atoms with Gasteiger partial charge in [0, 0.05) is 6.54 Å². The van der Waals surface area contributed by atoms with Crippen molar-refractivity contribution in [1.82, 2.24) is 4.72 Å². The summed E-state index contributed by atoms with van der Waals surface area (Å²) in [6.07, 6.45) is 3.22. The summed E-state index contributed by atoms with van der Waals surface area (Å²) < 4.78 is 31.0. The van der Waals surface area contributed by atoms with Crippen LogP contribution in [0, 0.1) is 0 Å².